The number of likely N-dealkylation sites (tertiary alicyclic amines) is 1. The molecule has 0 spiro atoms. The van der Waals surface area contributed by atoms with Crippen LogP contribution in [0, 0.1) is 23.7 Å². The highest BCUT2D eigenvalue weighted by Gasteiger charge is 2.44. The molecule has 0 saturated carbocycles. The summed E-state index contributed by atoms with van der Waals surface area (Å²) in [5.74, 6) is -4.22. The van der Waals surface area contributed by atoms with E-state index < -0.39 is 66.3 Å². The van der Waals surface area contributed by atoms with E-state index in [1.165, 1.54) is 31.1 Å². The number of rotatable bonds is 45. The number of likely N-dealkylation sites (N-methyl/N-ethyl adjacent to an activating group) is 2. The second kappa shape index (κ2) is 44.2. The highest BCUT2D eigenvalue weighted by Crippen LogP contribution is 2.30. The van der Waals surface area contributed by atoms with Crippen molar-refractivity contribution in [1.29, 1.82) is 0 Å². The third kappa shape index (κ3) is 28.0. The SMILES string of the molecule is CCC(C)[C@@H]([C@@H](CC(=O)N1CCCC1[C@H](OC)[C@@H](C)C(=O)N[C@@H](C)[C@H](O)c1ccccc1)OC)N(C)C(=O)[C@@H](NC(=O)C(C(C)C)N(C)C(=O)COCCOCCOCCOCCNC(=O)CCC(=O)N(CCNC(=O)CI)CCNC(=O)CI)C(C)C. The van der Waals surface area contributed by atoms with E-state index >= 15 is 0 Å². The van der Waals surface area contributed by atoms with Gasteiger partial charge in [-0.2, -0.15) is 0 Å². The van der Waals surface area contributed by atoms with Crippen molar-refractivity contribution in [2.24, 2.45) is 23.7 Å². The summed E-state index contributed by atoms with van der Waals surface area (Å²) in [7, 11) is 6.23. The van der Waals surface area contributed by atoms with Gasteiger partial charge in [-0.15, -0.1) is 0 Å². The first-order chi connectivity index (χ1) is 41.9. The molecule has 1 heterocycles. The number of halogens is 2. The summed E-state index contributed by atoms with van der Waals surface area (Å²) in [6.45, 7) is 17.8. The van der Waals surface area contributed by atoms with Gasteiger partial charge < -0.3 is 79.7 Å². The maximum absolute atomic E-state index is 14.7. The third-order valence-electron chi connectivity index (χ3n) is 15.7. The minimum Gasteiger partial charge on any atom is -0.386 e. The fraction of sp³-hybridized carbons (Fsp3) is 0.754. The molecule has 9 amide bonds. The Morgan fingerprint density at radius 3 is 1.75 bits per heavy atom. The van der Waals surface area contributed by atoms with Gasteiger partial charge in [0.1, 0.15) is 18.7 Å². The standard InChI is InChI=1S/C61H103I2N9O16/c1-13-42(6)56(47(83-11)36-52(77)72-26-17-20-46(72)58(84-12)43(7)59(80)67-44(8)57(79)45-18-15-14-16-19-45)70(10)61(82)54(40(2)3)68-60(81)55(41(4)5)69(9)53(78)39-88-35-34-87-33-32-86-31-30-85-29-25-66-48(73)21-22-51(76)71(27-23-64-49(74)37-62)28-24-65-50(75)38-63/h14-16,18-19,40-44,46-47,54-58,79H,13,17,20-39H2,1-12H3,(H,64,74)(H,65,75)(H,66,73)(H,67,80)(H,68,81)/t42?,43-,44+,46?,47-,54+,55?,56+,57+,58-/m1/s1. The number of ether oxygens (including phenoxy) is 6. The van der Waals surface area contributed by atoms with Crippen LogP contribution in [0.25, 0.3) is 0 Å². The zero-order valence-corrected chi connectivity index (χ0v) is 58.3. The lowest BCUT2D eigenvalue weighted by Gasteiger charge is -2.41. The number of alkyl halides is 2. The van der Waals surface area contributed by atoms with Crippen molar-refractivity contribution in [1.82, 2.24) is 46.2 Å². The van der Waals surface area contributed by atoms with Crippen LogP contribution in [-0.2, 0) is 71.6 Å². The highest BCUT2D eigenvalue weighted by molar-refractivity contribution is 14.1. The molecular weight excluding hydrogens is 1370 g/mol. The number of hydrogen-bond acceptors (Lipinski definition) is 16. The Labute approximate surface area is 549 Å². The molecule has 0 aromatic heterocycles. The molecule has 88 heavy (non-hydrogen) atoms. The Balaban J connectivity index is 1.85. The number of carbonyl (C=O) groups is 9. The monoisotopic (exact) mass is 1470 g/mol. The average Bonchev–Trinajstić information content (AvgIpc) is 2.79. The van der Waals surface area contributed by atoms with Gasteiger partial charge in [-0.25, -0.2) is 0 Å². The predicted molar refractivity (Wildman–Crippen MR) is 349 cm³/mol. The third-order valence-corrected chi connectivity index (χ3v) is 17.0. The minimum absolute atomic E-state index is 0.0289. The Morgan fingerprint density at radius 1 is 0.670 bits per heavy atom. The molecule has 1 aliphatic heterocycles. The van der Waals surface area contributed by atoms with E-state index in [2.05, 4.69) is 26.6 Å². The van der Waals surface area contributed by atoms with E-state index in [1.807, 2.05) is 105 Å². The van der Waals surface area contributed by atoms with Crippen LogP contribution in [0.4, 0.5) is 0 Å². The predicted octanol–water partition coefficient (Wildman–Crippen LogP) is 2.66. The van der Waals surface area contributed by atoms with E-state index in [4.69, 9.17) is 28.4 Å². The van der Waals surface area contributed by atoms with Crippen molar-refractivity contribution in [3.63, 3.8) is 0 Å². The van der Waals surface area contributed by atoms with Crippen LogP contribution in [0.2, 0.25) is 0 Å². The zero-order valence-electron chi connectivity index (χ0n) is 54.0. The Kier molecular flexibility index (Phi) is 40.0. The van der Waals surface area contributed by atoms with Crippen molar-refractivity contribution in [3.8, 4) is 0 Å². The van der Waals surface area contributed by atoms with Gasteiger partial charge in [-0.1, -0.05) is 130 Å². The number of amides is 9. The van der Waals surface area contributed by atoms with Gasteiger partial charge in [-0.3, -0.25) is 43.2 Å². The van der Waals surface area contributed by atoms with Gasteiger partial charge in [0.05, 0.1) is 104 Å². The van der Waals surface area contributed by atoms with Crippen LogP contribution in [0.15, 0.2) is 30.3 Å². The first-order valence-corrected chi connectivity index (χ1v) is 33.7. The van der Waals surface area contributed by atoms with E-state index in [0.29, 0.717) is 40.2 Å². The number of aliphatic hydroxyl groups excluding tert-OH is 1. The first kappa shape index (κ1) is 79.7. The number of carbonyl (C=O) groups excluding carboxylic acids is 9. The number of benzene rings is 1. The molecule has 1 saturated heterocycles. The van der Waals surface area contributed by atoms with Crippen LogP contribution in [0.1, 0.15) is 106 Å². The molecule has 1 aliphatic rings. The second-order valence-electron chi connectivity index (χ2n) is 22.8. The second-order valence-corrected chi connectivity index (χ2v) is 24.3. The molecule has 1 aromatic carbocycles. The summed E-state index contributed by atoms with van der Waals surface area (Å²) < 4.78 is 34.9. The molecular formula is C61H103I2N9O16. The highest BCUT2D eigenvalue weighted by atomic mass is 127. The molecule has 0 bridgehead atoms. The minimum atomic E-state index is -0.991. The van der Waals surface area contributed by atoms with Crippen LogP contribution in [-0.4, -0.2) is 250 Å². The van der Waals surface area contributed by atoms with Crippen LogP contribution in [0.5, 0.6) is 0 Å². The van der Waals surface area contributed by atoms with E-state index in [1.54, 1.807) is 42.8 Å². The van der Waals surface area contributed by atoms with Crippen molar-refractivity contribution < 1.29 is 76.7 Å². The fourth-order valence-corrected chi connectivity index (χ4v) is 11.0. The summed E-state index contributed by atoms with van der Waals surface area (Å²) in [4.78, 5) is 125. The fourth-order valence-electron chi connectivity index (χ4n) is 10.5. The van der Waals surface area contributed by atoms with Crippen molar-refractivity contribution in [2.45, 2.75) is 142 Å². The lowest BCUT2D eigenvalue weighted by Crippen LogP contribution is -2.60. The summed E-state index contributed by atoms with van der Waals surface area (Å²) in [6, 6.07) is 5.58. The Hall–Kier alpha value is -4.37. The van der Waals surface area contributed by atoms with Crippen LogP contribution >= 0.6 is 45.2 Å². The lowest BCUT2D eigenvalue weighted by atomic mass is 9.89. The van der Waals surface area contributed by atoms with Crippen LogP contribution < -0.4 is 26.6 Å². The molecule has 3 unspecified atom stereocenters. The first-order valence-electron chi connectivity index (χ1n) is 30.6. The van der Waals surface area contributed by atoms with Gasteiger partial charge in [0.15, 0.2) is 0 Å². The largest absolute Gasteiger partial charge is 0.386 e. The van der Waals surface area contributed by atoms with E-state index in [-0.39, 0.29) is 164 Å². The maximum Gasteiger partial charge on any atom is 0.249 e. The van der Waals surface area contributed by atoms with Gasteiger partial charge in [0, 0.05) is 80.4 Å². The molecule has 25 nitrogen and oxygen atoms in total. The van der Waals surface area contributed by atoms with Gasteiger partial charge in [0.2, 0.25) is 53.2 Å². The van der Waals surface area contributed by atoms with Gasteiger partial charge >= 0.3 is 0 Å². The Morgan fingerprint density at radius 2 is 1.23 bits per heavy atom. The summed E-state index contributed by atoms with van der Waals surface area (Å²) in [5, 5.41) is 25.0. The summed E-state index contributed by atoms with van der Waals surface area (Å²) in [5.41, 5.74) is 0.679. The number of nitrogens with one attached hydrogen (secondary N) is 5. The maximum atomic E-state index is 14.7. The number of aliphatic hydroxyl groups is 1. The lowest BCUT2D eigenvalue weighted by molar-refractivity contribution is -0.149. The average molecular weight is 1470 g/mol. The summed E-state index contributed by atoms with van der Waals surface area (Å²) in [6.07, 6.45) is -0.455. The molecule has 0 aliphatic carbocycles. The zero-order chi connectivity index (χ0) is 65.9. The van der Waals surface area contributed by atoms with Crippen LogP contribution in [0.3, 0.4) is 0 Å². The topological polar surface area (TPSA) is 302 Å². The van der Waals surface area contributed by atoms with Crippen molar-refractivity contribution in [3.05, 3.63) is 35.9 Å². The molecule has 10 atom stereocenters. The molecule has 1 aromatic rings. The number of hydrogen-bond donors (Lipinski definition) is 6. The molecule has 2 rings (SSSR count). The van der Waals surface area contributed by atoms with Gasteiger partial charge in [0.25, 0.3) is 0 Å². The van der Waals surface area contributed by atoms with Crippen molar-refractivity contribution in [2.75, 3.05) is 129 Å². The quantitative estimate of drug-likeness (QED) is 0.0311. The number of nitrogens with zero attached hydrogens (tertiary/aromatic N) is 4. The summed E-state index contributed by atoms with van der Waals surface area (Å²) >= 11 is 3.89. The normalized spacial score (nSPS) is 16.3. The van der Waals surface area contributed by atoms with E-state index in [9.17, 15) is 48.3 Å². The smallest absolute Gasteiger partial charge is 0.249 e. The molecule has 27 heteroatoms. The van der Waals surface area contributed by atoms with Crippen molar-refractivity contribution >= 4 is 98.3 Å². The van der Waals surface area contributed by atoms with E-state index in [0.717, 1.165) is 0 Å². The Bertz CT molecular complexity index is 2260. The molecule has 6 N–H and O–H groups in total. The number of methoxy groups -OCH3 is 2. The molecule has 502 valence electrons. The van der Waals surface area contributed by atoms with Gasteiger partial charge in [-0.05, 0) is 43.1 Å². The molecule has 1 fully saturated rings. The molecule has 0 radical (unpaired) electrons.